The number of rotatable bonds is 4. The van der Waals surface area contributed by atoms with Crippen molar-refractivity contribution >= 4 is 23.8 Å². The Balaban J connectivity index is 1.75. The van der Waals surface area contributed by atoms with Gasteiger partial charge in [-0.15, -0.1) is 0 Å². The molecule has 0 saturated carbocycles. The van der Waals surface area contributed by atoms with Gasteiger partial charge in [-0.05, 0) is 47.5 Å². The molecule has 0 aliphatic carbocycles. The zero-order valence-electron chi connectivity index (χ0n) is 17.2. The first-order chi connectivity index (χ1) is 15.2. The number of benzene rings is 2. The van der Waals surface area contributed by atoms with Crippen LogP contribution in [-0.2, 0) is 4.74 Å². The molecule has 0 radical (unpaired) electrons. The van der Waals surface area contributed by atoms with Gasteiger partial charge in [-0.1, -0.05) is 18.2 Å². The third-order valence-electron chi connectivity index (χ3n) is 5.14. The van der Waals surface area contributed by atoms with Crippen LogP contribution in [-0.4, -0.2) is 33.3 Å². The lowest BCUT2D eigenvalue weighted by atomic mass is 9.99. The van der Waals surface area contributed by atoms with Gasteiger partial charge in [0.15, 0.2) is 23.0 Å². The van der Waals surface area contributed by atoms with Crippen LogP contribution in [0.1, 0.15) is 29.4 Å². The predicted octanol–water partition coefficient (Wildman–Crippen LogP) is 3.93. The van der Waals surface area contributed by atoms with Crippen LogP contribution in [0.25, 0.3) is 23.8 Å². The summed E-state index contributed by atoms with van der Waals surface area (Å²) in [6, 6.07) is 10.1. The van der Waals surface area contributed by atoms with Crippen LogP contribution in [0.3, 0.4) is 0 Å². The van der Waals surface area contributed by atoms with Gasteiger partial charge in [0.2, 0.25) is 5.79 Å². The van der Waals surface area contributed by atoms with Crippen molar-refractivity contribution in [3.8, 4) is 28.7 Å². The Hall–Kier alpha value is -4.17. The minimum absolute atomic E-state index is 0.182. The molecule has 0 spiro atoms. The van der Waals surface area contributed by atoms with Gasteiger partial charge < -0.3 is 34.3 Å². The van der Waals surface area contributed by atoms with Gasteiger partial charge in [-0.3, -0.25) is 0 Å². The summed E-state index contributed by atoms with van der Waals surface area (Å²) in [5.74, 6) is -1.88. The molecule has 8 heteroatoms. The van der Waals surface area contributed by atoms with Gasteiger partial charge in [-0.25, -0.2) is 4.79 Å². The number of ether oxygens (including phenoxy) is 2. The molecular formula is C24H20O8. The van der Waals surface area contributed by atoms with Crippen LogP contribution in [0.2, 0.25) is 0 Å². The Morgan fingerprint density at radius 2 is 1.50 bits per heavy atom. The molecule has 1 aliphatic rings. The first kappa shape index (κ1) is 21.1. The molecule has 2 aromatic carbocycles. The van der Waals surface area contributed by atoms with Gasteiger partial charge >= 0.3 is 5.63 Å². The van der Waals surface area contributed by atoms with Gasteiger partial charge in [0.25, 0.3) is 0 Å². The fourth-order valence-corrected chi connectivity index (χ4v) is 3.36. The summed E-state index contributed by atoms with van der Waals surface area (Å²) in [6.07, 6.45) is 4.74. The van der Waals surface area contributed by atoms with E-state index in [2.05, 4.69) is 0 Å². The fourth-order valence-electron chi connectivity index (χ4n) is 3.36. The second kappa shape index (κ2) is 7.82. The Morgan fingerprint density at radius 1 is 0.875 bits per heavy atom. The van der Waals surface area contributed by atoms with E-state index in [9.17, 15) is 25.2 Å². The quantitative estimate of drug-likeness (QED) is 0.453. The molecule has 0 unspecified atom stereocenters. The van der Waals surface area contributed by atoms with E-state index in [4.69, 9.17) is 13.9 Å². The average molecular weight is 436 g/mol. The first-order valence-corrected chi connectivity index (χ1v) is 9.57. The summed E-state index contributed by atoms with van der Waals surface area (Å²) in [7, 11) is 1.44. The van der Waals surface area contributed by atoms with E-state index in [1.807, 2.05) is 0 Å². The maximum absolute atomic E-state index is 12.8. The highest BCUT2D eigenvalue weighted by Crippen LogP contribution is 2.44. The molecule has 0 saturated heterocycles. The third kappa shape index (κ3) is 3.79. The Labute approximate surface area is 182 Å². The molecule has 1 atom stereocenters. The summed E-state index contributed by atoms with van der Waals surface area (Å²) in [4.78, 5) is 12.8. The summed E-state index contributed by atoms with van der Waals surface area (Å²) in [6.45, 7) is 1.65. The number of phenolic OH excluding ortho intramolecular Hbond substituents is 4. The standard InChI is InChI=1S/C24H20O8/c1-24(30-2)16(9-14-5-8-18(26)20(28)11-14)22-21(32-24)12-15(31-23(22)29)6-3-13-4-7-17(25)19(27)10-13/h3-12,25-28H,1-2H3/b6-3+,16-9-/t24-/m0/s1. The maximum atomic E-state index is 12.8. The van der Waals surface area contributed by atoms with E-state index in [0.29, 0.717) is 16.7 Å². The van der Waals surface area contributed by atoms with Crippen molar-refractivity contribution in [1.82, 2.24) is 0 Å². The van der Waals surface area contributed by atoms with Gasteiger partial charge in [-0.2, -0.15) is 0 Å². The van der Waals surface area contributed by atoms with Crippen LogP contribution in [0.4, 0.5) is 0 Å². The largest absolute Gasteiger partial charge is 0.504 e. The third-order valence-corrected chi connectivity index (χ3v) is 5.14. The van der Waals surface area contributed by atoms with E-state index in [-0.39, 0.29) is 40.1 Å². The molecule has 0 fully saturated rings. The minimum Gasteiger partial charge on any atom is -0.504 e. The number of hydrogen-bond acceptors (Lipinski definition) is 8. The molecule has 3 aromatic rings. The normalized spacial score (nSPS) is 18.8. The number of hydrogen-bond donors (Lipinski definition) is 4. The molecule has 8 nitrogen and oxygen atoms in total. The van der Waals surface area contributed by atoms with E-state index in [1.54, 1.807) is 37.3 Å². The lowest BCUT2D eigenvalue weighted by molar-refractivity contribution is -0.0912. The maximum Gasteiger partial charge on any atom is 0.347 e. The molecule has 4 N–H and O–H groups in total. The van der Waals surface area contributed by atoms with Crippen LogP contribution in [0, 0.1) is 0 Å². The van der Waals surface area contributed by atoms with Crippen molar-refractivity contribution in [1.29, 1.82) is 0 Å². The second-order valence-electron chi connectivity index (χ2n) is 7.32. The van der Waals surface area contributed by atoms with Gasteiger partial charge in [0, 0.05) is 25.7 Å². The Kier molecular flexibility index (Phi) is 5.15. The fraction of sp³-hybridized carbons (Fsp3) is 0.125. The molecule has 0 bridgehead atoms. The summed E-state index contributed by atoms with van der Waals surface area (Å²) in [5.41, 5.74) is 1.03. The first-order valence-electron chi connectivity index (χ1n) is 9.57. The van der Waals surface area contributed by atoms with Crippen molar-refractivity contribution in [2.75, 3.05) is 7.11 Å². The van der Waals surface area contributed by atoms with E-state index < -0.39 is 11.4 Å². The molecule has 4 rings (SSSR count). The number of aromatic hydroxyl groups is 4. The second-order valence-corrected chi connectivity index (χ2v) is 7.32. The molecule has 0 amide bonds. The zero-order valence-corrected chi connectivity index (χ0v) is 17.2. The average Bonchev–Trinajstić information content (AvgIpc) is 3.04. The van der Waals surface area contributed by atoms with E-state index in [1.165, 1.54) is 37.5 Å². The monoisotopic (exact) mass is 436 g/mol. The Bertz CT molecular complexity index is 1320. The SMILES string of the molecule is CO[C@@]1(C)Oc2cc(/C=C/c3ccc(O)c(O)c3)oc(=O)c2/C1=C/c1ccc(O)c(O)c1. The summed E-state index contributed by atoms with van der Waals surface area (Å²) < 4.78 is 16.9. The highest BCUT2D eigenvalue weighted by Gasteiger charge is 2.43. The van der Waals surface area contributed by atoms with Crippen molar-refractivity contribution in [2.24, 2.45) is 0 Å². The van der Waals surface area contributed by atoms with Crippen LogP contribution >= 0.6 is 0 Å². The smallest absolute Gasteiger partial charge is 0.347 e. The predicted molar refractivity (Wildman–Crippen MR) is 117 cm³/mol. The van der Waals surface area contributed by atoms with Crippen molar-refractivity contribution in [3.63, 3.8) is 0 Å². The number of fused-ring (bicyclic) bond motifs is 1. The highest BCUT2D eigenvalue weighted by atomic mass is 16.7. The van der Waals surface area contributed by atoms with Crippen molar-refractivity contribution in [3.05, 3.63) is 75.3 Å². The zero-order chi connectivity index (χ0) is 23.0. The molecule has 1 aliphatic heterocycles. The topological polar surface area (TPSA) is 130 Å². The van der Waals surface area contributed by atoms with Crippen molar-refractivity contribution < 1.29 is 34.3 Å². The molecule has 2 heterocycles. The highest BCUT2D eigenvalue weighted by molar-refractivity contribution is 5.90. The molecular weight excluding hydrogens is 416 g/mol. The summed E-state index contributed by atoms with van der Waals surface area (Å²) in [5, 5.41) is 38.3. The van der Waals surface area contributed by atoms with Crippen LogP contribution in [0.15, 0.2) is 51.7 Å². The lowest BCUT2D eigenvalue weighted by Crippen LogP contribution is -2.31. The lowest BCUT2D eigenvalue weighted by Gasteiger charge is -2.23. The van der Waals surface area contributed by atoms with Crippen molar-refractivity contribution in [2.45, 2.75) is 12.7 Å². The number of methoxy groups -OCH3 is 1. The van der Waals surface area contributed by atoms with E-state index >= 15 is 0 Å². The van der Waals surface area contributed by atoms with E-state index in [0.717, 1.165) is 0 Å². The molecule has 32 heavy (non-hydrogen) atoms. The number of phenols is 4. The Morgan fingerprint density at radius 3 is 2.12 bits per heavy atom. The van der Waals surface area contributed by atoms with Gasteiger partial charge in [0.05, 0.1) is 0 Å². The minimum atomic E-state index is -1.28. The van der Waals surface area contributed by atoms with Crippen LogP contribution < -0.4 is 10.4 Å². The summed E-state index contributed by atoms with van der Waals surface area (Å²) >= 11 is 0. The molecule has 1 aromatic heterocycles. The van der Waals surface area contributed by atoms with Gasteiger partial charge in [0.1, 0.15) is 17.1 Å². The molecule has 164 valence electrons. The van der Waals surface area contributed by atoms with Crippen LogP contribution in [0.5, 0.6) is 28.7 Å².